The van der Waals surface area contributed by atoms with Gasteiger partial charge in [-0.25, -0.2) is 8.42 Å². The van der Waals surface area contributed by atoms with E-state index in [9.17, 15) is 8.42 Å². The molecule has 2 saturated heterocycles. The van der Waals surface area contributed by atoms with Crippen LogP contribution in [0.5, 0.6) is 0 Å². The van der Waals surface area contributed by atoms with Crippen molar-refractivity contribution >= 4 is 38.1 Å². The van der Waals surface area contributed by atoms with Gasteiger partial charge in [0.25, 0.3) is 0 Å². The van der Waals surface area contributed by atoms with Gasteiger partial charge in [0.2, 0.25) is 0 Å². The van der Waals surface area contributed by atoms with Crippen molar-refractivity contribution in [3.63, 3.8) is 0 Å². The molecule has 2 atom stereocenters. The van der Waals surface area contributed by atoms with E-state index in [1.807, 2.05) is 11.9 Å². The van der Waals surface area contributed by atoms with Gasteiger partial charge in [-0.1, -0.05) is 24.0 Å². The molecular weight excluding hydrogens is 214 g/mol. The van der Waals surface area contributed by atoms with Crippen molar-refractivity contribution in [1.29, 1.82) is 0 Å². The minimum atomic E-state index is -2.78. The second-order valence-corrected chi connectivity index (χ2v) is 7.20. The zero-order chi connectivity index (χ0) is 8.93. The average Bonchev–Trinajstić information content (AvgIpc) is 2.33. The summed E-state index contributed by atoms with van der Waals surface area (Å²) >= 11 is 6.59. The molecule has 0 aliphatic carbocycles. The van der Waals surface area contributed by atoms with E-state index in [4.69, 9.17) is 12.2 Å². The van der Waals surface area contributed by atoms with E-state index in [1.54, 1.807) is 0 Å². The maximum absolute atomic E-state index is 11.2. The number of thiocarbonyl (C=S) groups is 1. The molecule has 0 spiro atoms. The maximum Gasteiger partial charge on any atom is 0.153 e. The van der Waals surface area contributed by atoms with Crippen LogP contribution in [0, 0.1) is 0 Å². The van der Waals surface area contributed by atoms with Crippen molar-refractivity contribution in [2.75, 3.05) is 18.6 Å². The normalized spacial score (nSPS) is 38.8. The molecule has 0 radical (unpaired) electrons. The highest BCUT2D eigenvalue weighted by molar-refractivity contribution is 8.24. The lowest BCUT2D eigenvalue weighted by molar-refractivity contribution is 0.429. The topological polar surface area (TPSA) is 37.4 Å². The largest absolute Gasteiger partial charge is 0.355 e. The molecule has 68 valence electrons. The molecule has 0 bridgehead atoms. The number of sulfone groups is 1. The molecule has 2 heterocycles. The quantitative estimate of drug-likeness (QED) is 0.545. The molecule has 12 heavy (non-hydrogen) atoms. The Labute approximate surface area is 81.4 Å². The number of fused-ring (bicyclic) bond motifs is 1. The third-order valence-electron chi connectivity index (χ3n) is 2.31. The zero-order valence-electron chi connectivity index (χ0n) is 6.56. The van der Waals surface area contributed by atoms with Crippen LogP contribution in [-0.2, 0) is 9.84 Å². The van der Waals surface area contributed by atoms with Crippen LogP contribution in [0.1, 0.15) is 0 Å². The van der Waals surface area contributed by atoms with Crippen LogP contribution < -0.4 is 0 Å². The Hall–Kier alpha value is 0.190. The second kappa shape index (κ2) is 2.59. The summed E-state index contributed by atoms with van der Waals surface area (Å²) in [5.41, 5.74) is 0. The van der Waals surface area contributed by atoms with E-state index < -0.39 is 9.84 Å². The number of thioether (sulfide) groups is 1. The molecule has 2 aliphatic heterocycles. The Morgan fingerprint density at radius 1 is 1.58 bits per heavy atom. The lowest BCUT2D eigenvalue weighted by atomic mass is 10.2. The first-order valence-corrected chi connectivity index (χ1v) is 6.74. The SMILES string of the molecule is CN1C(=S)S[C@H]2CS(=O)(=O)C[C@@H]21. The summed E-state index contributed by atoms with van der Waals surface area (Å²) in [6.07, 6.45) is 0. The molecule has 2 aliphatic rings. The standard InChI is InChI=1S/C6H9NO2S3/c1-7-4-2-12(8,9)3-5(4)11-6(7)10/h4-5H,2-3H2,1H3/t4-,5-/m0/s1. The summed E-state index contributed by atoms with van der Waals surface area (Å²) in [7, 11) is -0.908. The monoisotopic (exact) mass is 223 g/mol. The molecule has 2 rings (SSSR count). The van der Waals surface area contributed by atoms with E-state index in [0.29, 0.717) is 5.75 Å². The molecule has 2 fully saturated rings. The number of nitrogens with zero attached hydrogens (tertiary/aromatic N) is 1. The predicted octanol–water partition coefficient (Wildman–Crippen LogP) is 0.115. The van der Waals surface area contributed by atoms with E-state index in [1.165, 1.54) is 11.8 Å². The Balaban J connectivity index is 2.27. The summed E-state index contributed by atoms with van der Waals surface area (Å²) in [4.78, 5) is 1.91. The molecule has 0 aromatic rings. The Morgan fingerprint density at radius 2 is 2.25 bits per heavy atom. The van der Waals surface area contributed by atoms with Gasteiger partial charge < -0.3 is 4.90 Å². The molecule has 0 N–H and O–H groups in total. The highest BCUT2D eigenvalue weighted by Crippen LogP contribution is 2.36. The van der Waals surface area contributed by atoms with Crippen molar-refractivity contribution in [2.45, 2.75) is 11.3 Å². The first kappa shape index (κ1) is 8.77. The number of hydrogen-bond donors (Lipinski definition) is 0. The van der Waals surface area contributed by atoms with Crippen molar-refractivity contribution in [3.8, 4) is 0 Å². The van der Waals surface area contributed by atoms with Gasteiger partial charge >= 0.3 is 0 Å². The van der Waals surface area contributed by atoms with Crippen molar-refractivity contribution in [1.82, 2.24) is 4.90 Å². The van der Waals surface area contributed by atoms with Gasteiger partial charge in [-0.2, -0.15) is 0 Å². The molecule has 6 heteroatoms. The van der Waals surface area contributed by atoms with E-state index >= 15 is 0 Å². The van der Waals surface area contributed by atoms with Crippen LogP contribution in [0.4, 0.5) is 0 Å². The average molecular weight is 223 g/mol. The molecule has 3 nitrogen and oxygen atoms in total. The summed E-state index contributed by atoms with van der Waals surface area (Å²) in [6.45, 7) is 0. The minimum Gasteiger partial charge on any atom is -0.355 e. The van der Waals surface area contributed by atoms with Crippen molar-refractivity contribution in [3.05, 3.63) is 0 Å². The van der Waals surface area contributed by atoms with Crippen LogP contribution >= 0.6 is 24.0 Å². The maximum atomic E-state index is 11.2. The van der Waals surface area contributed by atoms with Gasteiger partial charge in [-0.05, 0) is 0 Å². The van der Waals surface area contributed by atoms with Gasteiger partial charge in [-0.15, -0.1) is 0 Å². The summed E-state index contributed by atoms with van der Waals surface area (Å²) in [5, 5.41) is 0.187. The highest BCUT2D eigenvalue weighted by atomic mass is 32.2. The Kier molecular flexibility index (Phi) is 1.89. The molecule has 0 aromatic carbocycles. The van der Waals surface area contributed by atoms with Gasteiger partial charge in [0.15, 0.2) is 9.84 Å². The van der Waals surface area contributed by atoms with Crippen LogP contribution in [0.3, 0.4) is 0 Å². The van der Waals surface area contributed by atoms with Crippen LogP contribution in [0.25, 0.3) is 0 Å². The second-order valence-electron chi connectivity index (χ2n) is 3.18. The fraction of sp³-hybridized carbons (Fsp3) is 0.833. The summed E-state index contributed by atoms with van der Waals surface area (Å²) in [5.74, 6) is 0.578. The lowest BCUT2D eigenvalue weighted by Gasteiger charge is -2.16. The van der Waals surface area contributed by atoms with Gasteiger partial charge in [-0.3, -0.25) is 0 Å². The number of rotatable bonds is 0. The van der Waals surface area contributed by atoms with Crippen LogP contribution in [-0.4, -0.2) is 47.5 Å². The van der Waals surface area contributed by atoms with Crippen molar-refractivity contribution in [2.24, 2.45) is 0 Å². The van der Waals surface area contributed by atoms with Gasteiger partial charge in [0, 0.05) is 12.3 Å². The summed E-state index contributed by atoms with van der Waals surface area (Å²) in [6, 6.07) is 0.132. The smallest absolute Gasteiger partial charge is 0.153 e. The molecule has 0 unspecified atom stereocenters. The zero-order valence-corrected chi connectivity index (χ0v) is 9.01. The first-order chi connectivity index (χ1) is 5.49. The highest BCUT2D eigenvalue weighted by Gasteiger charge is 2.46. The molecule has 0 amide bonds. The van der Waals surface area contributed by atoms with Crippen molar-refractivity contribution < 1.29 is 8.42 Å². The fourth-order valence-corrected chi connectivity index (χ4v) is 5.97. The number of hydrogen-bond acceptors (Lipinski definition) is 4. The molecular formula is C6H9NO2S3. The molecule has 0 aromatic heterocycles. The fourth-order valence-electron chi connectivity index (χ4n) is 1.62. The van der Waals surface area contributed by atoms with Gasteiger partial charge in [0.1, 0.15) is 4.32 Å². The Bertz CT molecular complexity index is 324. The minimum absolute atomic E-state index is 0.132. The third kappa shape index (κ3) is 1.25. The first-order valence-electron chi connectivity index (χ1n) is 3.63. The summed E-state index contributed by atoms with van der Waals surface area (Å²) < 4.78 is 23.3. The van der Waals surface area contributed by atoms with Crippen LogP contribution in [0.15, 0.2) is 0 Å². The van der Waals surface area contributed by atoms with Gasteiger partial charge in [0.05, 0.1) is 17.5 Å². The van der Waals surface area contributed by atoms with Crippen LogP contribution in [0.2, 0.25) is 0 Å². The third-order valence-corrected chi connectivity index (χ3v) is 6.09. The Morgan fingerprint density at radius 3 is 2.83 bits per heavy atom. The van der Waals surface area contributed by atoms with E-state index in [-0.39, 0.29) is 17.0 Å². The lowest BCUT2D eigenvalue weighted by Crippen LogP contribution is -2.32. The molecule has 0 saturated carbocycles. The van der Waals surface area contributed by atoms with E-state index in [0.717, 1.165) is 4.32 Å². The van der Waals surface area contributed by atoms with E-state index in [2.05, 4.69) is 0 Å². The predicted molar refractivity (Wildman–Crippen MR) is 54.2 cm³/mol.